The zero-order chi connectivity index (χ0) is 22.6. The highest BCUT2D eigenvalue weighted by molar-refractivity contribution is 7.89. The second-order valence-electron chi connectivity index (χ2n) is 8.79. The molecule has 1 aliphatic heterocycles. The maximum absolute atomic E-state index is 12.9. The summed E-state index contributed by atoms with van der Waals surface area (Å²) in [7, 11) is -1.60. The van der Waals surface area contributed by atoms with Crippen LogP contribution in [0.4, 0.5) is 10.5 Å². The molecular weight excluding hydrogens is 412 g/mol. The number of amides is 2. The number of likely N-dealkylation sites (N-methyl/N-ethyl adjacent to an activating group) is 1. The van der Waals surface area contributed by atoms with Gasteiger partial charge in [0, 0.05) is 43.8 Å². The first kappa shape index (κ1) is 23.2. The molecular formula is C23H32N4O3S. The average Bonchev–Trinajstić information content (AvgIpc) is 2.73. The first-order valence-corrected chi connectivity index (χ1v) is 11.9. The minimum atomic E-state index is -3.58. The Hall–Kier alpha value is -2.42. The molecule has 168 valence electrons. The van der Waals surface area contributed by atoms with Crippen LogP contribution in [-0.2, 0) is 15.4 Å². The van der Waals surface area contributed by atoms with Gasteiger partial charge in [0.15, 0.2) is 0 Å². The molecule has 3 rings (SSSR count). The van der Waals surface area contributed by atoms with E-state index < -0.39 is 10.0 Å². The van der Waals surface area contributed by atoms with E-state index in [-0.39, 0.29) is 16.3 Å². The van der Waals surface area contributed by atoms with Crippen molar-refractivity contribution in [3.05, 3.63) is 59.7 Å². The molecule has 1 saturated heterocycles. The van der Waals surface area contributed by atoms with Gasteiger partial charge in [-0.2, -0.15) is 4.31 Å². The van der Waals surface area contributed by atoms with E-state index in [9.17, 15) is 13.2 Å². The minimum absolute atomic E-state index is 0.190. The number of aryl methyl sites for hydroxylation is 1. The lowest BCUT2D eigenvalue weighted by Crippen LogP contribution is -2.47. The average molecular weight is 445 g/mol. The number of carbonyl (C=O) groups excluding carboxylic acids is 1. The number of nitrogens with zero attached hydrogens (tertiary/aromatic N) is 2. The van der Waals surface area contributed by atoms with Gasteiger partial charge in [-0.1, -0.05) is 49.7 Å². The van der Waals surface area contributed by atoms with Crippen molar-refractivity contribution in [1.29, 1.82) is 0 Å². The molecule has 2 N–H and O–H groups in total. The second-order valence-corrected chi connectivity index (χ2v) is 10.7. The first-order valence-electron chi connectivity index (χ1n) is 10.5. The summed E-state index contributed by atoms with van der Waals surface area (Å²) in [6.45, 7) is 8.97. The molecule has 0 bridgehead atoms. The fraction of sp³-hybridized carbons (Fsp3) is 0.435. The molecule has 1 heterocycles. The topological polar surface area (TPSA) is 81.8 Å². The number of benzene rings is 2. The molecule has 0 aliphatic carbocycles. The number of rotatable bonds is 6. The van der Waals surface area contributed by atoms with Crippen molar-refractivity contribution in [2.24, 2.45) is 0 Å². The third-order valence-corrected chi connectivity index (χ3v) is 7.61. The molecule has 0 atom stereocenters. The summed E-state index contributed by atoms with van der Waals surface area (Å²) in [5, 5.41) is 5.65. The largest absolute Gasteiger partial charge is 0.337 e. The van der Waals surface area contributed by atoms with Gasteiger partial charge in [0.05, 0.1) is 4.90 Å². The molecule has 0 unspecified atom stereocenters. The standard InChI is InChI=1S/C23H32N4O3S/c1-18-8-10-19(11-9-18)23(2,3)17-24-22(28)25-20-6-5-7-21(16-20)31(29,30)27-14-12-26(4)13-15-27/h5-11,16H,12-15,17H2,1-4H3,(H2,24,25,28). The highest BCUT2D eigenvalue weighted by Gasteiger charge is 2.27. The van der Waals surface area contributed by atoms with Crippen LogP contribution >= 0.6 is 0 Å². The molecule has 0 radical (unpaired) electrons. The Labute approximate surface area is 185 Å². The van der Waals surface area contributed by atoms with Crippen LogP contribution in [0.2, 0.25) is 0 Å². The number of piperazine rings is 1. The Morgan fingerprint density at radius 3 is 2.32 bits per heavy atom. The molecule has 0 aromatic heterocycles. The molecule has 2 aromatic rings. The molecule has 2 amide bonds. The Bertz CT molecular complexity index is 1010. The van der Waals surface area contributed by atoms with Crippen LogP contribution in [0, 0.1) is 6.92 Å². The van der Waals surface area contributed by atoms with Gasteiger partial charge >= 0.3 is 6.03 Å². The predicted molar refractivity (Wildman–Crippen MR) is 124 cm³/mol. The van der Waals surface area contributed by atoms with Gasteiger partial charge in [0.2, 0.25) is 10.0 Å². The fourth-order valence-corrected chi connectivity index (χ4v) is 4.96. The normalized spacial score (nSPS) is 16.1. The quantitative estimate of drug-likeness (QED) is 0.718. The Balaban J connectivity index is 1.62. The van der Waals surface area contributed by atoms with Crippen LogP contribution in [0.25, 0.3) is 0 Å². The number of hydrogen-bond acceptors (Lipinski definition) is 4. The number of sulfonamides is 1. The first-order chi connectivity index (χ1) is 14.6. The third kappa shape index (κ3) is 5.84. The van der Waals surface area contributed by atoms with E-state index >= 15 is 0 Å². The van der Waals surface area contributed by atoms with Crippen molar-refractivity contribution in [1.82, 2.24) is 14.5 Å². The van der Waals surface area contributed by atoms with E-state index in [2.05, 4.69) is 53.6 Å². The van der Waals surface area contributed by atoms with Crippen molar-refractivity contribution in [2.75, 3.05) is 45.1 Å². The highest BCUT2D eigenvalue weighted by Crippen LogP contribution is 2.23. The lowest BCUT2D eigenvalue weighted by Gasteiger charge is -2.31. The summed E-state index contributed by atoms with van der Waals surface area (Å²) < 4.78 is 27.4. The molecule has 8 heteroatoms. The van der Waals surface area contributed by atoms with Crippen LogP contribution in [0.5, 0.6) is 0 Å². The van der Waals surface area contributed by atoms with E-state index in [4.69, 9.17) is 0 Å². The van der Waals surface area contributed by atoms with E-state index in [0.717, 1.165) is 5.56 Å². The van der Waals surface area contributed by atoms with Crippen molar-refractivity contribution >= 4 is 21.7 Å². The van der Waals surface area contributed by atoms with Crippen LogP contribution in [0.3, 0.4) is 0 Å². The molecule has 0 spiro atoms. The number of carbonyl (C=O) groups is 1. The molecule has 1 aliphatic rings. The maximum Gasteiger partial charge on any atom is 0.319 e. The van der Waals surface area contributed by atoms with E-state index in [0.29, 0.717) is 38.4 Å². The van der Waals surface area contributed by atoms with Crippen LogP contribution in [0.15, 0.2) is 53.4 Å². The number of urea groups is 1. The molecule has 2 aromatic carbocycles. The van der Waals surface area contributed by atoms with Gasteiger partial charge in [0.25, 0.3) is 0 Å². The van der Waals surface area contributed by atoms with Crippen molar-refractivity contribution in [2.45, 2.75) is 31.1 Å². The molecule has 7 nitrogen and oxygen atoms in total. The number of hydrogen-bond donors (Lipinski definition) is 2. The fourth-order valence-electron chi connectivity index (χ4n) is 3.50. The Kier molecular flexibility index (Phi) is 7.03. The summed E-state index contributed by atoms with van der Waals surface area (Å²) in [6.07, 6.45) is 0. The third-order valence-electron chi connectivity index (χ3n) is 5.72. The number of anilines is 1. The second kappa shape index (κ2) is 9.38. The Morgan fingerprint density at radius 2 is 1.68 bits per heavy atom. The van der Waals surface area contributed by atoms with Gasteiger partial charge in [-0.05, 0) is 37.7 Å². The summed E-state index contributed by atoms with van der Waals surface area (Å²) in [5.41, 5.74) is 2.54. The molecule has 31 heavy (non-hydrogen) atoms. The summed E-state index contributed by atoms with van der Waals surface area (Å²) in [4.78, 5) is 14.7. The predicted octanol–water partition coefficient (Wildman–Crippen LogP) is 3.03. The van der Waals surface area contributed by atoms with Crippen LogP contribution < -0.4 is 10.6 Å². The van der Waals surface area contributed by atoms with Crippen LogP contribution in [-0.4, -0.2) is 63.4 Å². The van der Waals surface area contributed by atoms with Crippen molar-refractivity contribution in [3.8, 4) is 0 Å². The van der Waals surface area contributed by atoms with E-state index in [1.807, 2.05) is 14.0 Å². The smallest absolute Gasteiger partial charge is 0.319 e. The van der Waals surface area contributed by atoms with Gasteiger partial charge in [-0.15, -0.1) is 0 Å². The van der Waals surface area contributed by atoms with Gasteiger partial charge in [-0.25, -0.2) is 13.2 Å². The Morgan fingerprint density at radius 1 is 1.03 bits per heavy atom. The van der Waals surface area contributed by atoms with Crippen molar-refractivity contribution in [3.63, 3.8) is 0 Å². The SMILES string of the molecule is Cc1ccc(C(C)(C)CNC(=O)Nc2cccc(S(=O)(=O)N3CCN(C)CC3)c2)cc1. The monoisotopic (exact) mass is 444 g/mol. The van der Waals surface area contributed by atoms with E-state index in [1.54, 1.807) is 18.2 Å². The molecule has 1 fully saturated rings. The zero-order valence-corrected chi connectivity index (χ0v) is 19.5. The van der Waals surface area contributed by atoms with Gasteiger partial charge < -0.3 is 15.5 Å². The van der Waals surface area contributed by atoms with Gasteiger partial charge in [-0.3, -0.25) is 0 Å². The highest BCUT2D eigenvalue weighted by atomic mass is 32.2. The summed E-state index contributed by atoms with van der Waals surface area (Å²) >= 11 is 0. The minimum Gasteiger partial charge on any atom is -0.337 e. The van der Waals surface area contributed by atoms with Crippen molar-refractivity contribution < 1.29 is 13.2 Å². The number of nitrogens with one attached hydrogen (secondary N) is 2. The summed E-state index contributed by atoms with van der Waals surface area (Å²) in [6, 6.07) is 14.3. The van der Waals surface area contributed by atoms with Gasteiger partial charge in [0.1, 0.15) is 0 Å². The molecule has 0 saturated carbocycles. The summed E-state index contributed by atoms with van der Waals surface area (Å²) in [5.74, 6) is 0. The maximum atomic E-state index is 12.9. The zero-order valence-electron chi connectivity index (χ0n) is 18.7. The lowest BCUT2D eigenvalue weighted by atomic mass is 9.84. The van der Waals surface area contributed by atoms with E-state index in [1.165, 1.54) is 15.9 Å². The van der Waals surface area contributed by atoms with Crippen LogP contribution in [0.1, 0.15) is 25.0 Å². The lowest BCUT2D eigenvalue weighted by molar-refractivity contribution is 0.222.